The van der Waals surface area contributed by atoms with Crippen LogP contribution in [-0.2, 0) is 4.79 Å². The Kier molecular flexibility index (Phi) is 8.02. The predicted molar refractivity (Wildman–Crippen MR) is 59.8 cm³/mol. The molecule has 86 valence electrons. The van der Waals surface area contributed by atoms with Crippen LogP contribution >= 0.6 is 23.4 Å². The lowest BCUT2D eigenvalue weighted by atomic mass is 10.6. The van der Waals surface area contributed by atoms with Crippen LogP contribution in [0.3, 0.4) is 0 Å². The van der Waals surface area contributed by atoms with Crippen LogP contribution in [0.4, 0.5) is 4.79 Å². The van der Waals surface area contributed by atoms with Gasteiger partial charge in [-0.25, -0.2) is 4.79 Å². The van der Waals surface area contributed by atoms with Gasteiger partial charge in [-0.3, -0.25) is 4.79 Å². The standard InChI is InChI=1S/C7H12ClN3O3S/c1-6(12)15-5-3-9-7(13)11(10-14)4-2-8/h2-5H2,1H3,(H,9,13). The van der Waals surface area contributed by atoms with Crippen LogP contribution in [0.25, 0.3) is 0 Å². The highest BCUT2D eigenvalue weighted by Gasteiger charge is 2.11. The summed E-state index contributed by atoms with van der Waals surface area (Å²) in [6, 6.07) is -0.602. The third-order valence-corrected chi connectivity index (χ3v) is 2.30. The van der Waals surface area contributed by atoms with E-state index in [-0.39, 0.29) is 17.5 Å². The molecule has 0 heterocycles. The van der Waals surface area contributed by atoms with Gasteiger partial charge in [0.2, 0.25) is 0 Å². The van der Waals surface area contributed by atoms with Crippen LogP contribution in [-0.4, -0.2) is 40.9 Å². The number of halogens is 1. The van der Waals surface area contributed by atoms with Gasteiger partial charge in [0.05, 0.1) is 11.8 Å². The first kappa shape index (κ1) is 14.2. The SMILES string of the molecule is CC(=O)SCCNC(=O)N(CCCl)N=O. The van der Waals surface area contributed by atoms with Crippen LogP contribution in [0.2, 0.25) is 0 Å². The van der Waals surface area contributed by atoms with Gasteiger partial charge in [-0.2, -0.15) is 5.01 Å². The van der Waals surface area contributed by atoms with Crippen molar-refractivity contribution in [1.82, 2.24) is 10.3 Å². The minimum Gasteiger partial charge on any atom is -0.336 e. The molecule has 0 atom stereocenters. The van der Waals surface area contributed by atoms with Gasteiger partial charge in [-0.15, -0.1) is 16.5 Å². The molecule has 0 saturated carbocycles. The summed E-state index contributed by atoms with van der Waals surface area (Å²) in [6.45, 7) is 1.81. The fourth-order valence-corrected chi connectivity index (χ4v) is 1.36. The number of carbonyl (C=O) groups excluding carboxylic acids is 2. The van der Waals surface area contributed by atoms with Gasteiger partial charge in [0.1, 0.15) is 0 Å². The fraction of sp³-hybridized carbons (Fsp3) is 0.714. The Morgan fingerprint density at radius 3 is 2.67 bits per heavy atom. The lowest BCUT2D eigenvalue weighted by Gasteiger charge is -2.12. The molecule has 2 amide bonds. The second kappa shape index (κ2) is 8.49. The molecule has 8 heteroatoms. The zero-order valence-corrected chi connectivity index (χ0v) is 9.81. The molecule has 0 spiro atoms. The van der Waals surface area contributed by atoms with E-state index in [1.54, 1.807) is 0 Å². The largest absolute Gasteiger partial charge is 0.340 e. The molecule has 15 heavy (non-hydrogen) atoms. The van der Waals surface area contributed by atoms with Crippen LogP contribution in [0.15, 0.2) is 5.29 Å². The van der Waals surface area contributed by atoms with E-state index in [1.165, 1.54) is 6.92 Å². The van der Waals surface area contributed by atoms with E-state index in [2.05, 4.69) is 10.6 Å². The molecule has 0 unspecified atom stereocenters. The van der Waals surface area contributed by atoms with Gasteiger partial charge in [0.15, 0.2) is 5.12 Å². The number of amides is 2. The maximum atomic E-state index is 11.2. The fourth-order valence-electron chi connectivity index (χ4n) is 0.703. The third kappa shape index (κ3) is 7.15. The van der Waals surface area contributed by atoms with E-state index in [0.717, 1.165) is 11.8 Å². The van der Waals surface area contributed by atoms with Crippen molar-refractivity contribution in [2.24, 2.45) is 5.29 Å². The Morgan fingerprint density at radius 2 is 2.20 bits per heavy atom. The smallest absolute Gasteiger partial charge is 0.336 e. The summed E-state index contributed by atoms with van der Waals surface area (Å²) in [6.07, 6.45) is 0. The molecule has 0 aliphatic heterocycles. The molecule has 0 aromatic rings. The number of hydrogen-bond donors (Lipinski definition) is 1. The van der Waals surface area contributed by atoms with Gasteiger partial charge in [-0.1, -0.05) is 11.8 Å². The minimum atomic E-state index is -0.602. The molecular weight excluding hydrogens is 242 g/mol. The monoisotopic (exact) mass is 253 g/mol. The predicted octanol–water partition coefficient (Wildman–Crippen LogP) is 1.20. The molecule has 0 aromatic heterocycles. The molecule has 6 nitrogen and oxygen atoms in total. The Hall–Kier alpha value is -0.820. The quantitative estimate of drug-likeness (QED) is 0.334. The average molecular weight is 254 g/mol. The molecule has 0 fully saturated rings. The Morgan fingerprint density at radius 1 is 1.53 bits per heavy atom. The van der Waals surface area contributed by atoms with Crippen molar-refractivity contribution in [3.05, 3.63) is 4.91 Å². The van der Waals surface area contributed by atoms with Crippen LogP contribution in [0.5, 0.6) is 0 Å². The lowest BCUT2D eigenvalue weighted by molar-refractivity contribution is -0.109. The van der Waals surface area contributed by atoms with Gasteiger partial charge in [-0.05, 0) is 0 Å². The maximum Gasteiger partial charge on any atom is 0.340 e. The Labute approximate surface area is 96.7 Å². The first-order valence-corrected chi connectivity index (χ1v) is 5.71. The van der Waals surface area contributed by atoms with Crippen molar-refractivity contribution in [1.29, 1.82) is 0 Å². The second-order valence-electron chi connectivity index (χ2n) is 2.47. The van der Waals surface area contributed by atoms with E-state index >= 15 is 0 Å². The number of urea groups is 1. The highest BCUT2D eigenvalue weighted by molar-refractivity contribution is 8.13. The summed E-state index contributed by atoms with van der Waals surface area (Å²) in [5.41, 5.74) is 0. The number of thioether (sulfide) groups is 1. The molecule has 0 bridgehead atoms. The van der Waals surface area contributed by atoms with E-state index in [0.29, 0.717) is 17.3 Å². The van der Waals surface area contributed by atoms with Gasteiger partial charge in [0, 0.05) is 25.1 Å². The van der Waals surface area contributed by atoms with E-state index in [1.807, 2.05) is 0 Å². The number of carbonyl (C=O) groups is 2. The summed E-state index contributed by atoms with van der Waals surface area (Å²) < 4.78 is 0. The summed E-state index contributed by atoms with van der Waals surface area (Å²) >= 11 is 6.45. The van der Waals surface area contributed by atoms with Crippen molar-refractivity contribution in [3.8, 4) is 0 Å². The Balaban J connectivity index is 3.71. The molecule has 0 aliphatic carbocycles. The van der Waals surface area contributed by atoms with Crippen molar-refractivity contribution in [3.63, 3.8) is 0 Å². The number of alkyl halides is 1. The Bertz CT molecular complexity index is 240. The number of rotatable bonds is 6. The molecule has 0 saturated heterocycles. The first-order chi connectivity index (χ1) is 7.11. The van der Waals surface area contributed by atoms with Gasteiger partial charge in [0.25, 0.3) is 0 Å². The van der Waals surface area contributed by atoms with Crippen molar-refractivity contribution < 1.29 is 9.59 Å². The van der Waals surface area contributed by atoms with E-state index < -0.39 is 6.03 Å². The molecule has 0 radical (unpaired) electrons. The molecule has 0 rings (SSSR count). The van der Waals surface area contributed by atoms with Crippen LogP contribution < -0.4 is 5.32 Å². The molecule has 0 aromatic carbocycles. The number of nitroso groups, excluding NO2 is 1. The van der Waals surface area contributed by atoms with Crippen molar-refractivity contribution in [2.45, 2.75) is 6.92 Å². The molecular formula is C7H12ClN3O3S. The molecule has 1 N–H and O–H groups in total. The second-order valence-corrected chi connectivity index (χ2v) is 4.12. The minimum absolute atomic E-state index is 0.0182. The summed E-state index contributed by atoms with van der Waals surface area (Å²) in [4.78, 5) is 31.9. The third-order valence-electron chi connectivity index (χ3n) is 1.31. The zero-order chi connectivity index (χ0) is 11.7. The number of hydrogen-bond acceptors (Lipinski definition) is 5. The highest BCUT2D eigenvalue weighted by atomic mass is 35.5. The number of nitrogens with one attached hydrogen (secondary N) is 1. The van der Waals surface area contributed by atoms with E-state index in [9.17, 15) is 14.5 Å². The maximum absolute atomic E-state index is 11.2. The molecule has 0 aliphatic rings. The van der Waals surface area contributed by atoms with Gasteiger partial charge < -0.3 is 5.32 Å². The summed E-state index contributed by atoms with van der Waals surface area (Å²) in [7, 11) is 0. The van der Waals surface area contributed by atoms with Crippen LogP contribution in [0.1, 0.15) is 6.92 Å². The number of nitrogens with zero attached hydrogens (tertiary/aromatic N) is 2. The lowest BCUT2D eigenvalue weighted by Crippen LogP contribution is -2.38. The van der Waals surface area contributed by atoms with Crippen molar-refractivity contribution >= 4 is 34.5 Å². The summed E-state index contributed by atoms with van der Waals surface area (Å²) in [5.74, 6) is 0.607. The normalized spacial score (nSPS) is 9.47. The van der Waals surface area contributed by atoms with Crippen molar-refractivity contribution in [2.75, 3.05) is 24.7 Å². The summed E-state index contributed by atoms with van der Waals surface area (Å²) in [5, 5.41) is 5.62. The van der Waals surface area contributed by atoms with E-state index in [4.69, 9.17) is 11.6 Å². The first-order valence-electron chi connectivity index (χ1n) is 4.19. The van der Waals surface area contributed by atoms with Crippen LogP contribution in [0, 0.1) is 4.91 Å². The zero-order valence-electron chi connectivity index (χ0n) is 8.23. The highest BCUT2D eigenvalue weighted by Crippen LogP contribution is 1.99. The topological polar surface area (TPSA) is 78.8 Å². The average Bonchev–Trinajstić information content (AvgIpc) is 2.20. The van der Waals surface area contributed by atoms with Gasteiger partial charge >= 0.3 is 6.03 Å².